The summed E-state index contributed by atoms with van der Waals surface area (Å²) in [7, 11) is 7.01. The van der Waals surface area contributed by atoms with Gasteiger partial charge in [-0.3, -0.25) is 4.42 Å². The van der Waals surface area contributed by atoms with Crippen molar-refractivity contribution in [3.63, 3.8) is 0 Å². The summed E-state index contributed by atoms with van der Waals surface area (Å²) in [5.74, 6) is 4.91. The quantitative estimate of drug-likeness (QED) is 0.491. The summed E-state index contributed by atoms with van der Waals surface area (Å²) in [5.41, 5.74) is 5.98. The third-order valence-electron chi connectivity index (χ3n) is 6.96. The molecule has 0 radical (unpaired) electrons. The van der Waals surface area contributed by atoms with Gasteiger partial charge in [0.05, 0.1) is 21.3 Å². The van der Waals surface area contributed by atoms with Crippen LogP contribution in [0.4, 0.5) is 0 Å². The number of allylic oxidation sites excluding steroid dienone is 5. The van der Waals surface area contributed by atoms with Crippen molar-refractivity contribution < 1.29 is 18.6 Å². The van der Waals surface area contributed by atoms with Crippen LogP contribution in [0.25, 0.3) is 0 Å². The highest BCUT2D eigenvalue weighted by Gasteiger charge is 2.47. The Hall–Kier alpha value is -2.49. The third-order valence-corrected chi connectivity index (χ3v) is 6.96. The largest absolute Gasteiger partial charge is 0.496 e. The lowest BCUT2D eigenvalue weighted by Gasteiger charge is -2.46. The van der Waals surface area contributed by atoms with Crippen LogP contribution < -0.4 is 9.47 Å². The molecule has 4 aliphatic carbocycles. The van der Waals surface area contributed by atoms with Gasteiger partial charge in [0.1, 0.15) is 22.8 Å². The number of rotatable bonds is 4. The first-order valence-corrected chi connectivity index (χ1v) is 10.8. The number of carbonyl (C=O) groups excluding carboxylic acids is 1. The van der Waals surface area contributed by atoms with Gasteiger partial charge in [0.25, 0.3) is 7.11 Å². The summed E-state index contributed by atoms with van der Waals surface area (Å²) in [5, 5.41) is 0. The van der Waals surface area contributed by atoms with E-state index in [2.05, 4.69) is 38.1 Å². The second-order valence-corrected chi connectivity index (χ2v) is 8.67. The van der Waals surface area contributed by atoms with Crippen LogP contribution in [0.3, 0.4) is 0 Å². The van der Waals surface area contributed by atoms with Crippen molar-refractivity contribution in [1.29, 1.82) is 0 Å². The molecule has 4 aliphatic rings. The number of hydrogen-bond acceptors (Lipinski definition) is 3. The van der Waals surface area contributed by atoms with Gasteiger partial charge in [-0.1, -0.05) is 0 Å². The molecule has 4 heteroatoms. The van der Waals surface area contributed by atoms with Crippen LogP contribution >= 0.6 is 0 Å². The smallest absolute Gasteiger partial charge is 0.354 e. The van der Waals surface area contributed by atoms with Crippen molar-refractivity contribution in [2.75, 3.05) is 28.4 Å². The van der Waals surface area contributed by atoms with Crippen LogP contribution in [0.5, 0.6) is 11.5 Å². The number of benzene rings is 1. The van der Waals surface area contributed by atoms with Gasteiger partial charge in [0, 0.05) is 17.6 Å². The van der Waals surface area contributed by atoms with E-state index in [1.165, 1.54) is 36.8 Å². The molecule has 0 saturated heterocycles. The first kappa shape index (κ1) is 20.8. The monoisotopic (exact) mass is 409 g/mol. The Morgan fingerprint density at radius 2 is 1.50 bits per heavy atom. The van der Waals surface area contributed by atoms with Gasteiger partial charge < -0.3 is 14.2 Å². The van der Waals surface area contributed by atoms with Gasteiger partial charge in [0.2, 0.25) is 0 Å². The molecule has 3 saturated carbocycles. The number of methoxy groups -OCH3 is 3. The molecule has 1 aromatic rings. The minimum atomic E-state index is 0.230. The van der Waals surface area contributed by atoms with E-state index in [0.717, 1.165) is 39.8 Å². The highest BCUT2D eigenvalue weighted by atomic mass is 16.5. The second-order valence-electron chi connectivity index (χ2n) is 8.67. The highest BCUT2D eigenvalue weighted by Crippen LogP contribution is 2.58. The van der Waals surface area contributed by atoms with E-state index >= 15 is 0 Å². The Balaban J connectivity index is 2.01. The van der Waals surface area contributed by atoms with Crippen molar-refractivity contribution in [2.24, 2.45) is 11.8 Å². The van der Waals surface area contributed by atoms with Gasteiger partial charge in [0.15, 0.2) is 0 Å². The van der Waals surface area contributed by atoms with Gasteiger partial charge >= 0.3 is 5.78 Å². The maximum atomic E-state index is 5.89. The number of hydrogen-bond donors (Lipinski definition) is 0. The molecule has 5 rings (SSSR count). The van der Waals surface area contributed by atoms with Crippen molar-refractivity contribution in [3.8, 4) is 11.5 Å². The number of ether oxygens (including phenoxy) is 3. The molecule has 0 aliphatic heterocycles. The van der Waals surface area contributed by atoms with Crippen molar-refractivity contribution in [1.82, 2.24) is 0 Å². The average molecular weight is 410 g/mol. The summed E-state index contributed by atoms with van der Waals surface area (Å²) in [6.45, 7) is 4.16. The van der Waals surface area contributed by atoms with Crippen LogP contribution in [0.1, 0.15) is 49.7 Å². The van der Waals surface area contributed by atoms with Crippen LogP contribution in [0.2, 0.25) is 0 Å². The zero-order valence-corrected chi connectivity index (χ0v) is 19.0. The minimum absolute atomic E-state index is 0.230. The van der Waals surface area contributed by atoms with Crippen LogP contribution in [-0.2, 0) is 9.16 Å². The van der Waals surface area contributed by atoms with Gasteiger partial charge in [-0.05, 0) is 86.3 Å². The highest BCUT2D eigenvalue weighted by molar-refractivity contribution is 6.10. The molecule has 4 nitrogen and oxygen atoms in total. The van der Waals surface area contributed by atoms with E-state index in [9.17, 15) is 0 Å². The lowest BCUT2D eigenvalue weighted by Crippen LogP contribution is -2.35. The molecule has 30 heavy (non-hydrogen) atoms. The molecule has 0 aromatic heterocycles. The van der Waals surface area contributed by atoms with Crippen molar-refractivity contribution >= 4 is 5.78 Å². The fourth-order valence-electron chi connectivity index (χ4n) is 5.73. The maximum absolute atomic E-state index is 5.89. The molecule has 1 aromatic carbocycles. The Labute approximate surface area is 179 Å². The second kappa shape index (κ2) is 8.33. The molecular weight excluding hydrogens is 376 g/mol. The Kier molecular flexibility index (Phi) is 5.77. The summed E-state index contributed by atoms with van der Waals surface area (Å²) >= 11 is 0. The van der Waals surface area contributed by atoms with E-state index in [1.807, 2.05) is 0 Å². The maximum Gasteiger partial charge on any atom is 0.354 e. The normalized spacial score (nSPS) is 29.5. The van der Waals surface area contributed by atoms with E-state index in [4.69, 9.17) is 18.6 Å². The van der Waals surface area contributed by atoms with Gasteiger partial charge in [-0.2, -0.15) is 0 Å². The predicted octanol–water partition coefficient (Wildman–Crippen LogP) is 5.44. The molecule has 0 spiro atoms. The van der Waals surface area contributed by atoms with Gasteiger partial charge in [-0.25, -0.2) is 0 Å². The third kappa shape index (κ3) is 3.36. The Bertz CT molecular complexity index is 930. The molecule has 0 heterocycles. The van der Waals surface area contributed by atoms with Crippen LogP contribution in [-0.4, -0.2) is 34.2 Å². The summed E-state index contributed by atoms with van der Waals surface area (Å²) in [6, 6.07) is 4.25. The molecule has 160 valence electrons. The Morgan fingerprint density at radius 3 is 2.03 bits per heavy atom. The Morgan fingerprint density at radius 1 is 0.867 bits per heavy atom. The van der Waals surface area contributed by atoms with E-state index in [-0.39, 0.29) is 5.92 Å². The minimum Gasteiger partial charge on any atom is -0.496 e. The molecule has 0 amide bonds. The lowest BCUT2D eigenvalue weighted by molar-refractivity contribution is -0.418. The van der Waals surface area contributed by atoms with Crippen LogP contribution in [0.15, 0.2) is 46.8 Å². The first-order chi connectivity index (χ1) is 14.5. The molecule has 0 N–H and O–H groups in total. The number of fused-ring (bicyclic) bond motifs is 3. The number of ketones is 1. The van der Waals surface area contributed by atoms with E-state index in [1.54, 1.807) is 28.4 Å². The molecule has 1 atom stereocenters. The molecule has 1 unspecified atom stereocenters. The zero-order chi connectivity index (χ0) is 21.4. The molecule has 3 fully saturated rings. The fourth-order valence-corrected chi connectivity index (χ4v) is 5.73. The van der Waals surface area contributed by atoms with Crippen molar-refractivity contribution in [2.45, 2.75) is 45.4 Å². The van der Waals surface area contributed by atoms with Crippen LogP contribution in [0, 0.1) is 18.8 Å². The lowest BCUT2D eigenvalue weighted by atomic mass is 9.58. The van der Waals surface area contributed by atoms with E-state index in [0.29, 0.717) is 11.8 Å². The van der Waals surface area contributed by atoms with E-state index < -0.39 is 0 Å². The van der Waals surface area contributed by atoms with Gasteiger partial charge in [-0.15, -0.1) is 0 Å². The molecular formula is C26H33O4+. The summed E-state index contributed by atoms with van der Waals surface area (Å²) in [4.78, 5) is 0. The SMILES string of the molecule is COC1=CC(C)=CC(=[O+]C)/C1=C1\C2CCC(CC2)C1c1c(OC)cc(C)cc1OC. The first-order valence-electron chi connectivity index (χ1n) is 10.8. The predicted molar refractivity (Wildman–Crippen MR) is 119 cm³/mol. The number of aryl methyl sites for hydroxylation is 1. The van der Waals surface area contributed by atoms with Crippen molar-refractivity contribution in [3.05, 3.63) is 57.9 Å². The zero-order valence-electron chi connectivity index (χ0n) is 19.0. The average Bonchev–Trinajstić information content (AvgIpc) is 2.78. The standard InChI is InChI=1S/C26H33O4/c1-15-11-19(27-3)25(20(12-15)28-4)23-17-7-9-18(10-8-17)24(23)26-21(29-5)13-16(2)14-22(26)30-6/h11-14,17-18,23H,7-10H2,1-6H3/q+1. The summed E-state index contributed by atoms with van der Waals surface area (Å²) in [6.07, 6.45) is 9.13. The topological polar surface area (TPSA) is 39.0 Å². The summed E-state index contributed by atoms with van der Waals surface area (Å²) < 4.78 is 23.5. The fraction of sp³-hybridized carbons (Fsp3) is 0.500. The molecule has 2 bridgehead atoms.